The lowest BCUT2D eigenvalue weighted by Crippen LogP contribution is -2.35. The van der Waals surface area contributed by atoms with Crippen LogP contribution >= 0.6 is 0 Å². The number of nitrogens with zero attached hydrogens (tertiary/aromatic N) is 2. The van der Waals surface area contributed by atoms with Crippen molar-refractivity contribution in [3.05, 3.63) is 0 Å². The minimum atomic E-state index is -1.65. The second-order valence-electron chi connectivity index (χ2n) is 2.62. The molecule has 0 saturated carbocycles. The summed E-state index contributed by atoms with van der Waals surface area (Å²) in [5, 5.41) is 0. The highest BCUT2D eigenvalue weighted by molar-refractivity contribution is 7.55. The number of esters is 1. The van der Waals surface area contributed by atoms with Crippen LogP contribution in [-0.4, -0.2) is 26.7 Å². The molecule has 0 fully saturated rings. The van der Waals surface area contributed by atoms with Gasteiger partial charge in [0.2, 0.25) is 22.9 Å². The van der Waals surface area contributed by atoms with Crippen LogP contribution in [0.25, 0.3) is 0 Å². The van der Waals surface area contributed by atoms with Crippen LogP contribution < -0.4 is 0 Å². The highest BCUT2D eigenvalue weighted by Gasteiger charge is 2.39. The Balaban J connectivity index is 5.18. The molecule has 0 N–H and O–H groups in total. The average molecular weight is 252 g/mol. The number of carbonyl (C=O) groups excluding carboxylic acids is 1. The summed E-state index contributed by atoms with van der Waals surface area (Å²) in [5.74, 6) is -0.751. The van der Waals surface area contributed by atoms with Crippen molar-refractivity contribution in [3.8, 4) is 0 Å². The minimum Gasteiger partial charge on any atom is -0.463 e. The molecule has 0 aliphatic carbocycles. The molecule has 0 aromatic carbocycles. The van der Waals surface area contributed by atoms with Crippen molar-refractivity contribution < 1.29 is 17.9 Å². The standard InChI is InChI=1S/C7H12N2O4S2/c1-3-5-7(8-14-11,9-15-12)6(10)13-4-2/h3-5H2,1-2H3. The van der Waals surface area contributed by atoms with Gasteiger partial charge in [0.25, 0.3) is 5.66 Å². The van der Waals surface area contributed by atoms with E-state index in [4.69, 9.17) is 4.74 Å². The molecule has 0 heterocycles. The zero-order valence-corrected chi connectivity index (χ0v) is 10.1. The number of hydrogen-bond donors (Lipinski definition) is 0. The van der Waals surface area contributed by atoms with Crippen molar-refractivity contribution in [2.45, 2.75) is 32.4 Å². The van der Waals surface area contributed by atoms with Gasteiger partial charge in [-0.3, -0.25) is 0 Å². The molecule has 86 valence electrons. The average Bonchev–Trinajstić information content (AvgIpc) is 2.19. The van der Waals surface area contributed by atoms with Gasteiger partial charge in [0.15, 0.2) is 0 Å². The van der Waals surface area contributed by atoms with E-state index in [9.17, 15) is 13.2 Å². The minimum absolute atomic E-state index is 0.129. The molecule has 6 nitrogen and oxygen atoms in total. The molecule has 0 rings (SSSR count). The van der Waals surface area contributed by atoms with Gasteiger partial charge in [-0.1, -0.05) is 13.3 Å². The summed E-state index contributed by atoms with van der Waals surface area (Å²) in [6, 6.07) is 0. The van der Waals surface area contributed by atoms with Crippen LogP contribution in [0.4, 0.5) is 0 Å². The number of hydrogen-bond acceptors (Lipinski definition) is 6. The fourth-order valence-electron chi connectivity index (χ4n) is 1.00. The summed E-state index contributed by atoms with van der Waals surface area (Å²) in [5.41, 5.74) is -1.65. The normalized spacial score (nSPS) is 13.5. The molecule has 0 aliphatic rings. The molecular formula is C7H12N2O4S2. The van der Waals surface area contributed by atoms with E-state index in [2.05, 4.69) is 8.73 Å². The van der Waals surface area contributed by atoms with Crippen molar-refractivity contribution in [1.82, 2.24) is 0 Å². The third-order valence-electron chi connectivity index (χ3n) is 1.58. The molecule has 0 spiro atoms. The summed E-state index contributed by atoms with van der Waals surface area (Å²) in [7, 11) is 0. The maximum absolute atomic E-state index is 11.5. The summed E-state index contributed by atoms with van der Waals surface area (Å²) >= 11 is -0.258. The first-order valence-corrected chi connectivity index (χ1v) is 5.76. The van der Waals surface area contributed by atoms with E-state index >= 15 is 0 Å². The maximum Gasteiger partial charge on any atom is 0.359 e. The van der Waals surface area contributed by atoms with Crippen LogP contribution in [-0.2, 0) is 32.5 Å². The van der Waals surface area contributed by atoms with E-state index < -0.39 is 11.6 Å². The summed E-state index contributed by atoms with van der Waals surface area (Å²) in [6.07, 6.45) is 0.753. The van der Waals surface area contributed by atoms with E-state index in [-0.39, 0.29) is 36.0 Å². The van der Waals surface area contributed by atoms with Crippen LogP contribution in [0.15, 0.2) is 8.73 Å². The van der Waals surface area contributed by atoms with Crippen LogP contribution in [0.5, 0.6) is 0 Å². The van der Waals surface area contributed by atoms with Crippen molar-refractivity contribution in [2.75, 3.05) is 6.61 Å². The van der Waals surface area contributed by atoms with Gasteiger partial charge in [-0.15, -0.1) is 8.73 Å². The predicted molar refractivity (Wildman–Crippen MR) is 55.4 cm³/mol. The molecule has 15 heavy (non-hydrogen) atoms. The zero-order chi connectivity index (χ0) is 11.7. The third-order valence-corrected chi connectivity index (χ3v) is 2.33. The van der Waals surface area contributed by atoms with Crippen LogP contribution in [0.3, 0.4) is 0 Å². The van der Waals surface area contributed by atoms with Gasteiger partial charge in [-0.25, -0.2) is 4.79 Å². The fraction of sp³-hybridized carbons (Fsp3) is 0.857. The van der Waals surface area contributed by atoms with Crippen molar-refractivity contribution in [1.29, 1.82) is 0 Å². The second-order valence-corrected chi connectivity index (χ2v) is 3.28. The fourth-order valence-corrected chi connectivity index (χ4v) is 1.71. The Kier molecular flexibility index (Phi) is 6.97. The molecule has 0 bridgehead atoms. The highest BCUT2D eigenvalue weighted by atomic mass is 32.1. The third kappa shape index (κ3) is 4.00. The van der Waals surface area contributed by atoms with Gasteiger partial charge in [0.05, 0.1) is 6.61 Å². The summed E-state index contributed by atoms with van der Waals surface area (Å²) in [6.45, 7) is 3.58. The van der Waals surface area contributed by atoms with E-state index in [0.29, 0.717) is 6.42 Å². The Hall–Kier alpha value is -0.890. The lowest BCUT2D eigenvalue weighted by molar-refractivity contribution is -0.149. The second kappa shape index (κ2) is 7.41. The van der Waals surface area contributed by atoms with Crippen molar-refractivity contribution in [3.63, 3.8) is 0 Å². The monoisotopic (exact) mass is 252 g/mol. The lowest BCUT2D eigenvalue weighted by Gasteiger charge is -2.18. The van der Waals surface area contributed by atoms with Crippen molar-refractivity contribution >= 4 is 28.9 Å². The largest absolute Gasteiger partial charge is 0.463 e. The van der Waals surface area contributed by atoms with Crippen LogP contribution in [0.1, 0.15) is 26.7 Å². The Morgan fingerprint density at radius 1 is 1.27 bits per heavy atom. The number of ether oxygens (including phenoxy) is 1. The van der Waals surface area contributed by atoms with Crippen molar-refractivity contribution in [2.24, 2.45) is 8.73 Å². The number of rotatable bonds is 6. The predicted octanol–water partition coefficient (Wildman–Crippen LogP) is 0.839. The Bertz CT molecular complexity index is 303. The molecule has 0 amide bonds. The molecule has 0 atom stereocenters. The number of carbonyl (C=O) groups is 1. The SMILES string of the molecule is CCCC(N=S=O)(N=S=O)C(=O)OCC. The first-order valence-electron chi connectivity index (χ1n) is 4.36. The van der Waals surface area contributed by atoms with Gasteiger partial charge in [-0.2, -0.15) is 8.42 Å². The lowest BCUT2D eigenvalue weighted by atomic mass is 10.1. The van der Waals surface area contributed by atoms with Gasteiger partial charge < -0.3 is 4.74 Å². The van der Waals surface area contributed by atoms with Gasteiger partial charge >= 0.3 is 5.97 Å². The van der Waals surface area contributed by atoms with E-state index in [1.54, 1.807) is 13.8 Å². The molecular weight excluding hydrogens is 240 g/mol. The summed E-state index contributed by atoms with van der Waals surface area (Å²) < 4.78 is 32.4. The topological polar surface area (TPSA) is 85.2 Å². The molecule has 0 saturated heterocycles. The Morgan fingerprint density at radius 2 is 1.80 bits per heavy atom. The first-order chi connectivity index (χ1) is 7.16. The molecule has 0 radical (unpaired) electrons. The molecule has 0 unspecified atom stereocenters. The van der Waals surface area contributed by atoms with Gasteiger partial charge in [0, 0.05) is 6.42 Å². The maximum atomic E-state index is 11.5. The smallest absolute Gasteiger partial charge is 0.359 e. The van der Waals surface area contributed by atoms with Crippen LogP contribution in [0.2, 0.25) is 0 Å². The van der Waals surface area contributed by atoms with E-state index in [0.717, 1.165) is 0 Å². The zero-order valence-electron chi connectivity index (χ0n) is 8.47. The molecule has 8 heteroatoms. The molecule has 0 aliphatic heterocycles. The van der Waals surface area contributed by atoms with Crippen LogP contribution in [0, 0.1) is 0 Å². The van der Waals surface area contributed by atoms with E-state index in [1.807, 2.05) is 0 Å². The first kappa shape index (κ1) is 14.1. The van der Waals surface area contributed by atoms with Gasteiger partial charge in [-0.05, 0) is 6.92 Å². The Labute approximate surface area is 94.9 Å². The summed E-state index contributed by atoms with van der Waals surface area (Å²) in [4.78, 5) is 11.5. The Morgan fingerprint density at radius 3 is 2.13 bits per heavy atom. The quantitative estimate of drug-likeness (QED) is 0.655. The molecule has 0 aromatic heterocycles. The highest BCUT2D eigenvalue weighted by Crippen LogP contribution is 2.21. The van der Waals surface area contributed by atoms with E-state index in [1.165, 1.54) is 0 Å². The molecule has 0 aromatic rings. The van der Waals surface area contributed by atoms with Gasteiger partial charge in [0.1, 0.15) is 0 Å².